The molecule has 0 aromatic heterocycles. The fourth-order valence-electron chi connectivity index (χ4n) is 2.00. The Balaban J connectivity index is 2.67. The summed E-state index contributed by atoms with van der Waals surface area (Å²) in [5.74, 6) is 0.569. The van der Waals surface area contributed by atoms with E-state index in [1.54, 1.807) is 25.1 Å². The average Bonchev–Trinajstić information content (AvgIpc) is 2.46. The molecular formula is C15H16O5. The van der Waals surface area contributed by atoms with Gasteiger partial charge in [0, 0.05) is 16.8 Å². The Bertz CT molecular complexity index is 648. The zero-order valence-corrected chi connectivity index (χ0v) is 11.6. The van der Waals surface area contributed by atoms with Crippen molar-refractivity contribution < 1.29 is 24.1 Å². The van der Waals surface area contributed by atoms with Gasteiger partial charge in [0.05, 0.1) is 26.4 Å². The normalized spacial score (nSPS) is 10.3. The van der Waals surface area contributed by atoms with Crippen LogP contribution in [0.15, 0.2) is 24.3 Å². The molecule has 0 heterocycles. The van der Waals surface area contributed by atoms with E-state index in [1.165, 1.54) is 20.3 Å². The standard InChI is InChI=1S/C15H16O5/c1-4-20-15(17)9-5-12-11(13(16)6-9)7-10(18-2)8-14(12)19-3/h5-8,16H,4H2,1-3H3. The van der Waals surface area contributed by atoms with Crippen molar-refractivity contribution in [3.05, 3.63) is 29.8 Å². The molecule has 0 saturated carbocycles. The van der Waals surface area contributed by atoms with Gasteiger partial charge in [-0.1, -0.05) is 0 Å². The lowest BCUT2D eigenvalue weighted by Crippen LogP contribution is -2.04. The second-order valence-corrected chi connectivity index (χ2v) is 4.14. The molecule has 2 aromatic rings. The minimum atomic E-state index is -0.484. The van der Waals surface area contributed by atoms with Gasteiger partial charge in [0.2, 0.25) is 0 Å². The molecule has 0 spiro atoms. The van der Waals surface area contributed by atoms with Crippen LogP contribution in [0.2, 0.25) is 0 Å². The highest BCUT2D eigenvalue weighted by Crippen LogP contribution is 2.37. The van der Waals surface area contributed by atoms with Gasteiger partial charge in [0.15, 0.2) is 0 Å². The number of hydrogen-bond donors (Lipinski definition) is 1. The minimum absolute atomic E-state index is 0.0252. The second-order valence-electron chi connectivity index (χ2n) is 4.14. The summed E-state index contributed by atoms with van der Waals surface area (Å²) in [6.07, 6.45) is 0. The molecule has 0 saturated heterocycles. The number of hydrogen-bond acceptors (Lipinski definition) is 5. The molecule has 0 atom stereocenters. The summed E-state index contributed by atoms with van der Waals surface area (Å²) in [5, 5.41) is 11.3. The molecule has 106 valence electrons. The first-order chi connectivity index (χ1) is 9.60. The van der Waals surface area contributed by atoms with Crippen LogP contribution in [-0.4, -0.2) is 31.9 Å². The van der Waals surface area contributed by atoms with Crippen molar-refractivity contribution in [1.29, 1.82) is 0 Å². The number of aromatic hydroxyl groups is 1. The van der Waals surface area contributed by atoms with Gasteiger partial charge in [0.25, 0.3) is 0 Å². The van der Waals surface area contributed by atoms with Crippen molar-refractivity contribution in [3.63, 3.8) is 0 Å². The van der Waals surface area contributed by atoms with E-state index in [2.05, 4.69) is 0 Å². The molecule has 0 aliphatic carbocycles. The first-order valence-electron chi connectivity index (χ1n) is 6.16. The molecule has 5 nitrogen and oxygen atoms in total. The topological polar surface area (TPSA) is 65.0 Å². The first-order valence-corrected chi connectivity index (χ1v) is 6.16. The number of fused-ring (bicyclic) bond motifs is 1. The molecule has 5 heteroatoms. The third-order valence-electron chi connectivity index (χ3n) is 2.95. The summed E-state index contributed by atoms with van der Waals surface area (Å²) in [6.45, 7) is 2.00. The van der Waals surface area contributed by atoms with E-state index in [-0.39, 0.29) is 17.9 Å². The molecule has 2 aromatic carbocycles. The highest BCUT2D eigenvalue weighted by Gasteiger charge is 2.14. The van der Waals surface area contributed by atoms with Crippen LogP contribution in [0.3, 0.4) is 0 Å². The van der Waals surface area contributed by atoms with Crippen molar-refractivity contribution in [1.82, 2.24) is 0 Å². The van der Waals surface area contributed by atoms with E-state index in [4.69, 9.17) is 14.2 Å². The Morgan fingerprint density at radius 2 is 1.85 bits per heavy atom. The Morgan fingerprint density at radius 3 is 2.45 bits per heavy atom. The number of carbonyl (C=O) groups is 1. The molecular weight excluding hydrogens is 260 g/mol. The average molecular weight is 276 g/mol. The van der Waals surface area contributed by atoms with Crippen molar-refractivity contribution in [2.24, 2.45) is 0 Å². The van der Waals surface area contributed by atoms with Gasteiger partial charge in [-0.05, 0) is 25.1 Å². The quantitative estimate of drug-likeness (QED) is 0.870. The zero-order valence-electron chi connectivity index (χ0n) is 11.6. The largest absolute Gasteiger partial charge is 0.507 e. The zero-order chi connectivity index (χ0) is 14.7. The molecule has 0 aliphatic rings. The Hall–Kier alpha value is -2.43. The van der Waals surface area contributed by atoms with Crippen molar-refractivity contribution in [2.75, 3.05) is 20.8 Å². The number of ether oxygens (including phenoxy) is 3. The predicted molar refractivity (Wildman–Crippen MR) is 74.7 cm³/mol. The molecule has 0 amide bonds. The number of phenolic OH excluding ortho intramolecular Hbond substituents is 1. The monoisotopic (exact) mass is 276 g/mol. The van der Waals surface area contributed by atoms with Gasteiger partial charge in [0.1, 0.15) is 17.2 Å². The molecule has 0 radical (unpaired) electrons. The predicted octanol–water partition coefficient (Wildman–Crippen LogP) is 2.74. The summed E-state index contributed by atoms with van der Waals surface area (Å²) in [7, 11) is 3.05. The van der Waals surface area contributed by atoms with Crippen LogP contribution in [0.5, 0.6) is 17.2 Å². The molecule has 2 rings (SSSR count). The van der Waals surface area contributed by atoms with Gasteiger partial charge < -0.3 is 19.3 Å². The summed E-state index contributed by atoms with van der Waals surface area (Å²) < 4.78 is 15.4. The van der Waals surface area contributed by atoms with Crippen LogP contribution in [0.25, 0.3) is 10.8 Å². The fourth-order valence-corrected chi connectivity index (χ4v) is 2.00. The van der Waals surface area contributed by atoms with Crippen molar-refractivity contribution >= 4 is 16.7 Å². The number of carbonyl (C=O) groups excluding carboxylic acids is 1. The highest BCUT2D eigenvalue weighted by molar-refractivity contribution is 6.01. The van der Waals surface area contributed by atoms with E-state index >= 15 is 0 Å². The number of rotatable bonds is 4. The fraction of sp³-hybridized carbons (Fsp3) is 0.267. The van der Waals surface area contributed by atoms with Crippen molar-refractivity contribution in [2.45, 2.75) is 6.92 Å². The van der Waals surface area contributed by atoms with Crippen LogP contribution in [-0.2, 0) is 4.74 Å². The lowest BCUT2D eigenvalue weighted by molar-refractivity contribution is 0.0526. The lowest BCUT2D eigenvalue weighted by atomic mass is 10.0. The first kappa shape index (κ1) is 14.0. The number of methoxy groups -OCH3 is 2. The van der Waals surface area contributed by atoms with Crippen LogP contribution in [0, 0.1) is 0 Å². The third-order valence-corrected chi connectivity index (χ3v) is 2.95. The van der Waals surface area contributed by atoms with E-state index < -0.39 is 5.97 Å². The van der Waals surface area contributed by atoms with Crippen LogP contribution < -0.4 is 9.47 Å². The van der Waals surface area contributed by atoms with Gasteiger partial charge in [-0.15, -0.1) is 0 Å². The Morgan fingerprint density at radius 1 is 1.10 bits per heavy atom. The lowest BCUT2D eigenvalue weighted by Gasteiger charge is -2.11. The van der Waals surface area contributed by atoms with Gasteiger partial charge in [-0.3, -0.25) is 0 Å². The third kappa shape index (κ3) is 2.47. The molecule has 0 aliphatic heterocycles. The van der Waals surface area contributed by atoms with Crippen LogP contribution in [0.4, 0.5) is 0 Å². The molecule has 0 bridgehead atoms. The van der Waals surface area contributed by atoms with E-state index in [0.717, 1.165) is 0 Å². The molecule has 20 heavy (non-hydrogen) atoms. The summed E-state index contributed by atoms with van der Waals surface area (Å²) in [5.41, 5.74) is 0.278. The highest BCUT2D eigenvalue weighted by atomic mass is 16.5. The number of esters is 1. The van der Waals surface area contributed by atoms with E-state index in [0.29, 0.717) is 22.3 Å². The van der Waals surface area contributed by atoms with Gasteiger partial charge in [-0.25, -0.2) is 4.79 Å². The maximum Gasteiger partial charge on any atom is 0.338 e. The van der Waals surface area contributed by atoms with Gasteiger partial charge in [-0.2, -0.15) is 0 Å². The number of benzene rings is 2. The van der Waals surface area contributed by atoms with E-state index in [1.807, 2.05) is 0 Å². The molecule has 0 fully saturated rings. The molecule has 1 N–H and O–H groups in total. The smallest absolute Gasteiger partial charge is 0.338 e. The maximum absolute atomic E-state index is 11.8. The summed E-state index contributed by atoms with van der Waals surface area (Å²) in [6, 6.07) is 6.38. The Labute approximate surface area is 116 Å². The number of phenols is 1. The van der Waals surface area contributed by atoms with Crippen LogP contribution >= 0.6 is 0 Å². The van der Waals surface area contributed by atoms with Gasteiger partial charge >= 0.3 is 5.97 Å². The summed E-state index contributed by atoms with van der Waals surface area (Å²) >= 11 is 0. The maximum atomic E-state index is 11.8. The molecule has 0 unspecified atom stereocenters. The Kier molecular flexibility index (Phi) is 3.98. The SMILES string of the molecule is CCOC(=O)c1cc(O)c2cc(OC)cc(OC)c2c1. The summed E-state index contributed by atoms with van der Waals surface area (Å²) in [4.78, 5) is 11.8. The van der Waals surface area contributed by atoms with Crippen LogP contribution in [0.1, 0.15) is 17.3 Å². The van der Waals surface area contributed by atoms with Crippen molar-refractivity contribution in [3.8, 4) is 17.2 Å². The minimum Gasteiger partial charge on any atom is -0.507 e. The van der Waals surface area contributed by atoms with E-state index in [9.17, 15) is 9.90 Å². The second kappa shape index (κ2) is 5.69.